The van der Waals surface area contributed by atoms with Crippen LogP contribution in [0.2, 0.25) is 0 Å². The van der Waals surface area contributed by atoms with Crippen molar-refractivity contribution in [2.45, 2.75) is 32.2 Å². The maximum atomic E-state index is 12.2. The molecule has 2 amide bonds. The molecule has 2 rings (SSSR count). The lowest BCUT2D eigenvalue weighted by Crippen LogP contribution is -2.48. The van der Waals surface area contributed by atoms with E-state index in [0.29, 0.717) is 25.2 Å². The first-order valence-corrected chi connectivity index (χ1v) is 7.21. The maximum absolute atomic E-state index is 12.2. The van der Waals surface area contributed by atoms with Crippen LogP contribution in [0.4, 0.5) is 5.82 Å². The Morgan fingerprint density at radius 2 is 2.29 bits per heavy atom. The molecule has 1 fully saturated rings. The Hall–Kier alpha value is -2.18. The second kappa shape index (κ2) is 7.01. The molecule has 1 aromatic heterocycles. The normalized spacial score (nSPS) is 18.5. The van der Waals surface area contributed by atoms with Gasteiger partial charge in [-0.1, -0.05) is 6.92 Å². The van der Waals surface area contributed by atoms with E-state index >= 15 is 0 Å². The molecular formula is C14H21N5O2. The van der Waals surface area contributed by atoms with Gasteiger partial charge < -0.3 is 15.5 Å². The van der Waals surface area contributed by atoms with Crippen LogP contribution in [0.3, 0.4) is 0 Å². The second-order valence-electron chi connectivity index (χ2n) is 5.20. The lowest BCUT2D eigenvalue weighted by atomic mass is 10.1. The van der Waals surface area contributed by atoms with Crippen LogP contribution in [0.25, 0.3) is 0 Å². The van der Waals surface area contributed by atoms with E-state index in [9.17, 15) is 9.59 Å². The summed E-state index contributed by atoms with van der Waals surface area (Å²) < 4.78 is 0. The zero-order valence-electron chi connectivity index (χ0n) is 12.4. The average molecular weight is 291 g/mol. The van der Waals surface area contributed by atoms with Gasteiger partial charge in [0, 0.05) is 32.6 Å². The van der Waals surface area contributed by atoms with Gasteiger partial charge in [0.15, 0.2) is 0 Å². The minimum Gasteiger partial charge on any atom is -0.369 e. The zero-order valence-corrected chi connectivity index (χ0v) is 12.4. The zero-order chi connectivity index (χ0) is 15.2. The van der Waals surface area contributed by atoms with E-state index in [4.69, 9.17) is 0 Å². The molecule has 2 heterocycles. The maximum Gasteiger partial charge on any atom is 0.271 e. The highest BCUT2D eigenvalue weighted by Crippen LogP contribution is 2.10. The molecule has 0 spiro atoms. The lowest BCUT2D eigenvalue weighted by molar-refractivity contribution is -0.132. The van der Waals surface area contributed by atoms with Gasteiger partial charge in [0.05, 0.1) is 12.4 Å². The van der Waals surface area contributed by atoms with Crippen LogP contribution in [0, 0.1) is 0 Å². The molecule has 1 aromatic rings. The summed E-state index contributed by atoms with van der Waals surface area (Å²) in [7, 11) is 1.75. The van der Waals surface area contributed by atoms with Crippen molar-refractivity contribution in [3.05, 3.63) is 18.1 Å². The summed E-state index contributed by atoms with van der Waals surface area (Å²) >= 11 is 0. The molecule has 0 aliphatic carbocycles. The molecule has 0 aromatic carbocycles. The predicted octanol–water partition coefficient (Wildman–Crippen LogP) is 0.649. The van der Waals surface area contributed by atoms with Crippen molar-refractivity contribution < 1.29 is 9.59 Å². The Bertz CT molecular complexity index is 520. The number of rotatable bonds is 5. The Balaban J connectivity index is 1.95. The predicted molar refractivity (Wildman–Crippen MR) is 78.9 cm³/mol. The lowest BCUT2D eigenvalue weighted by Gasteiger charge is -2.30. The summed E-state index contributed by atoms with van der Waals surface area (Å²) in [5.74, 6) is 0.460. The van der Waals surface area contributed by atoms with E-state index in [1.807, 2.05) is 0 Å². The molecule has 1 aliphatic heterocycles. The number of piperidine rings is 1. The van der Waals surface area contributed by atoms with Crippen molar-refractivity contribution in [3.8, 4) is 0 Å². The summed E-state index contributed by atoms with van der Waals surface area (Å²) in [6.07, 6.45) is 5.14. The number of likely N-dealkylation sites (tertiary alicyclic amines) is 1. The highest BCUT2D eigenvalue weighted by molar-refractivity contribution is 5.92. The third kappa shape index (κ3) is 4.14. The van der Waals surface area contributed by atoms with Gasteiger partial charge in [0.25, 0.3) is 5.91 Å². The standard InChI is InChI=1S/C14H21N5O2/c1-3-6-16-12-8-15-7-11(18-12)14(21)17-10-4-5-13(20)19(2)9-10/h7-8,10H,3-6,9H2,1-2H3,(H,16,18)(H,17,21). The van der Waals surface area contributed by atoms with E-state index in [1.165, 1.54) is 6.20 Å². The van der Waals surface area contributed by atoms with Crippen LogP contribution >= 0.6 is 0 Å². The van der Waals surface area contributed by atoms with E-state index < -0.39 is 0 Å². The fourth-order valence-electron chi connectivity index (χ4n) is 2.20. The summed E-state index contributed by atoms with van der Waals surface area (Å²) in [5, 5.41) is 6.01. The summed E-state index contributed by atoms with van der Waals surface area (Å²) in [4.78, 5) is 33.5. The first kappa shape index (κ1) is 15.2. The number of anilines is 1. The first-order valence-electron chi connectivity index (χ1n) is 7.21. The first-order chi connectivity index (χ1) is 10.1. The second-order valence-corrected chi connectivity index (χ2v) is 5.20. The Kier molecular flexibility index (Phi) is 5.08. The average Bonchev–Trinajstić information content (AvgIpc) is 2.49. The SMILES string of the molecule is CCCNc1cncc(C(=O)NC2CCC(=O)N(C)C2)n1. The molecule has 0 radical (unpaired) electrons. The summed E-state index contributed by atoms with van der Waals surface area (Å²) in [5.41, 5.74) is 0.288. The number of nitrogens with zero attached hydrogens (tertiary/aromatic N) is 3. The van der Waals surface area contributed by atoms with Crippen molar-refractivity contribution in [2.75, 3.05) is 25.5 Å². The summed E-state index contributed by atoms with van der Waals surface area (Å²) in [6, 6.07) is -0.0331. The van der Waals surface area contributed by atoms with Gasteiger partial charge in [-0.15, -0.1) is 0 Å². The Labute approximate surface area is 124 Å². The number of hydrogen-bond acceptors (Lipinski definition) is 5. The molecule has 1 atom stereocenters. The molecule has 1 aliphatic rings. The number of nitrogens with one attached hydrogen (secondary N) is 2. The van der Waals surface area contributed by atoms with Gasteiger partial charge in [0.2, 0.25) is 5.91 Å². The van der Waals surface area contributed by atoms with E-state index in [1.54, 1.807) is 18.1 Å². The van der Waals surface area contributed by atoms with E-state index in [-0.39, 0.29) is 23.6 Å². The number of likely N-dealkylation sites (N-methyl/N-ethyl adjacent to an activating group) is 1. The van der Waals surface area contributed by atoms with Gasteiger partial charge in [-0.05, 0) is 12.8 Å². The van der Waals surface area contributed by atoms with Crippen molar-refractivity contribution in [2.24, 2.45) is 0 Å². The van der Waals surface area contributed by atoms with Crippen LogP contribution in [-0.2, 0) is 4.79 Å². The topological polar surface area (TPSA) is 87.2 Å². The smallest absolute Gasteiger partial charge is 0.271 e. The van der Waals surface area contributed by atoms with E-state index in [0.717, 1.165) is 13.0 Å². The Morgan fingerprint density at radius 1 is 1.48 bits per heavy atom. The quantitative estimate of drug-likeness (QED) is 0.831. The number of hydrogen-bond donors (Lipinski definition) is 2. The third-order valence-electron chi connectivity index (χ3n) is 3.39. The number of carbonyl (C=O) groups excluding carboxylic acids is 2. The molecule has 2 N–H and O–H groups in total. The fraction of sp³-hybridized carbons (Fsp3) is 0.571. The number of amides is 2. The molecule has 1 unspecified atom stereocenters. The molecule has 114 valence electrons. The van der Waals surface area contributed by atoms with Crippen molar-refractivity contribution in [1.82, 2.24) is 20.2 Å². The molecule has 7 heteroatoms. The van der Waals surface area contributed by atoms with Gasteiger partial charge in [-0.3, -0.25) is 14.6 Å². The van der Waals surface area contributed by atoms with Crippen LogP contribution < -0.4 is 10.6 Å². The largest absolute Gasteiger partial charge is 0.369 e. The molecule has 1 saturated heterocycles. The van der Waals surface area contributed by atoms with Crippen LogP contribution in [0.5, 0.6) is 0 Å². The highest BCUT2D eigenvalue weighted by Gasteiger charge is 2.24. The number of aromatic nitrogens is 2. The van der Waals surface area contributed by atoms with Crippen LogP contribution in [-0.4, -0.2) is 52.9 Å². The monoisotopic (exact) mass is 291 g/mol. The third-order valence-corrected chi connectivity index (χ3v) is 3.39. The molecule has 0 saturated carbocycles. The summed E-state index contributed by atoms with van der Waals surface area (Å²) in [6.45, 7) is 3.37. The molecule has 7 nitrogen and oxygen atoms in total. The molecule has 21 heavy (non-hydrogen) atoms. The van der Waals surface area contributed by atoms with Crippen molar-refractivity contribution in [3.63, 3.8) is 0 Å². The van der Waals surface area contributed by atoms with Crippen LogP contribution in [0.15, 0.2) is 12.4 Å². The van der Waals surface area contributed by atoms with Gasteiger partial charge in [0.1, 0.15) is 11.5 Å². The molecule has 0 bridgehead atoms. The minimum atomic E-state index is -0.254. The van der Waals surface area contributed by atoms with Crippen molar-refractivity contribution in [1.29, 1.82) is 0 Å². The van der Waals surface area contributed by atoms with E-state index in [2.05, 4.69) is 27.5 Å². The Morgan fingerprint density at radius 3 is 3.00 bits per heavy atom. The van der Waals surface area contributed by atoms with Gasteiger partial charge >= 0.3 is 0 Å². The minimum absolute atomic E-state index is 0.0331. The van der Waals surface area contributed by atoms with Crippen molar-refractivity contribution >= 4 is 17.6 Å². The fourth-order valence-corrected chi connectivity index (χ4v) is 2.20. The molecular weight excluding hydrogens is 270 g/mol. The van der Waals surface area contributed by atoms with Crippen LogP contribution in [0.1, 0.15) is 36.7 Å². The number of carbonyl (C=O) groups is 2. The van der Waals surface area contributed by atoms with Gasteiger partial charge in [-0.25, -0.2) is 4.98 Å². The van der Waals surface area contributed by atoms with Gasteiger partial charge in [-0.2, -0.15) is 0 Å². The highest BCUT2D eigenvalue weighted by atomic mass is 16.2.